The van der Waals surface area contributed by atoms with Crippen molar-refractivity contribution in [3.63, 3.8) is 0 Å². The molecule has 0 bridgehead atoms. The minimum Gasteiger partial charge on any atom is -0.438 e. The third-order valence-electron chi connectivity index (χ3n) is 5.01. The number of fused-ring (bicyclic) bond motifs is 1. The highest BCUT2D eigenvalue weighted by Crippen LogP contribution is 2.27. The summed E-state index contributed by atoms with van der Waals surface area (Å²) in [6.45, 7) is 3.63. The van der Waals surface area contributed by atoms with Gasteiger partial charge in [-0.2, -0.15) is 10.2 Å². The van der Waals surface area contributed by atoms with E-state index in [0.29, 0.717) is 11.4 Å². The Morgan fingerprint density at radius 3 is 2.39 bits per heavy atom. The van der Waals surface area contributed by atoms with Gasteiger partial charge in [-0.25, -0.2) is 8.42 Å². The number of nitriles is 1. The first-order chi connectivity index (χ1) is 15.8. The summed E-state index contributed by atoms with van der Waals surface area (Å²) in [7, 11) is -4.17. The molecule has 0 saturated carbocycles. The van der Waals surface area contributed by atoms with E-state index in [1.54, 1.807) is 61.5 Å². The van der Waals surface area contributed by atoms with Crippen LogP contribution in [0.15, 0.2) is 87.5 Å². The fourth-order valence-electron chi connectivity index (χ4n) is 3.24. The van der Waals surface area contributed by atoms with Crippen LogP contribution in [-0.2, 0) is 9.84 Å². The molecule has 0 saturated heterocycles. The summed E-state index contributed by atoms with van der Waals surface area (Å²) in [5, 5.41) is 9.70. The number of aromatic nitrogens is 2. The zero-order valence-electron chi connectivity index (χ0n) is 17.9. The van der Waals surface area contributed by atoms with Gasteiger partial charge in [0.25, 0.3) is 5.56 Å². The molecule has 0 spiro atoms. The highest BCUT2D eigenvalue weighted by atomic mass is 32.2. The van der Waals surface area contributed by atoms with Crippen molar-refractivity contribution >= 4 is 21.6 Å². The van der Waals surface area contributed by atoms with Crippen molar-refractivity contribution in [3.8, 4) is 17.7 Å². The summed E-state index contributed by atoms with van der Waals surface area (Å²) in [5.41, 5.74) is 1.28. The van der Waals surface area contributed by atoms with E-state index in [2.05, 4.69) is 4.98 Å². The summed E-state index contributed by atoms with van der Waals surface area (Å²) in [5.74, 6) is 0.323. The Bertz CT molecular complexity index is 1580. The van der Waals surface area contributed by atoms with Crippen molar-refractivity contribution in [1.29, 1.82) is 5.26 Å². The average Bonchev–Trinajstić information content (AvgIpc) is 2.80. The SMILES string of the molecule is Cc1ccc(S(=O)(=O)/C(C#N)=C/c2c(Oc3ccccc3)nc3c(C)cccn3c2=O)cc1. The van der Waals surface area contributed by atoms with Crippen molar-refractivity contribution in [3.05, 3.63) is 105 Å². The lowest BCUT2D eigenvalue weighted by molar-refractivity contribution is 0.461. The molecule has 2 heterocycles. The number of hydrogen-bond donors (Lipinski definition) is 0. The number of sulfone groups is 1. The van der Waals surface area contributed by atoms with Gasteiger partial charge in [0.1, 0.15) is 27.9 Å². The van der Waals surface area contributed by atoms with Gasteiger partial charge in [0, 0.05) is 6.20 Å². The summed E-state index contributed by atoms with van der Waals surface area (Å²) >= 11 is 0. The van der Waals surface area contributed by atoms with E-state index in [1.165, 1.54) is 22.7 Å². The summed E-state index contributed by atoms with van der Waals surface area (Å²) < 4.78 is 33.4. The Kier molecular flexibility index (Phi) is 5.82. The molecule has 0 aliphatic heterocycles. The third kappa shape index (κ3) is 4.27. The Morgan fingerprint density at radius 2 is 1.73 bits per heavy atom. The topological polar surface area (TPSA) is 102 Å². The molecule has 0 fully saturated rings. The second-order valence-corrected chi connectivity index (χ2v) is 9.29. The maximum atomic E-state index is 13.3. The molecule has 2 aromatic heterocycles. The van der Waals surface area contributed by atoms with Crippen LogP contribution in [0.2, 0.25) is 0 Å². The van der Waals surface area contributed by atoms with E-state index < -0.39 is 20.3 Å². The van der Waals surface area contributed by atoms with Crippen LogP contribution in [0.4, 0.5) is 0 Å². The largest absolute Gasteiger partial charge is 0.438 e. The lowest BCUT2D eigenvalue weighted by Crippen LogP contribution is -2.20. The summed E-state index contributed by atoms with van der Waals surface area (Å²) in [4.78, 5) is 17.2. The lowest BCUT2D eigenvalue weighted by atomic mass is 10.2. The predicted molar refractivity (Wildman–Crippen MR) is 125 cm³/mol. The number of nitrogens with zero attached hydrogens (tertiary/aromatic N) is 3. The molecule has 0 atom stereocenters. The molecule has 4 aromatic rings. The zero-order valence-corrected chi connectivity index (χ0v) is 18.7. The first-order valence-corrected chi connectivity index (χ1v) is 11.5. The fraction of sp³-hybridized carbons (Fsp3) is 0.0800. The van der Waals surface area contributed by atoms with Gasteiger partial charge in [0.05, 0.1) is 4.90 Å². The number of para-hydroxylation sites is 1. The number of aryl methyl sites for hydroxylation is 2. The van der Waals surface area contributed by atoms with E-state index in [0.717, 1.165) is 17.2 Å². The molecule has 7 nitrogen and oxygen atoms in total. The van der Waals surface area contributed by atoms with Crippen molar-refractivity contribution < 1.29 is 13.2 Å². The van der Waals surface area contributed by atoms with Crippen LogP contribution in [0.5, 0.6) is 11.6 Å². The molecule has 8 heteroatoms. The van der Waals surface area contributed by atoms with Gasteiger partial charge in [-0.05, 0) is 55.8 Å². The number of ether oxygens (including phenoxy) is 1. The Labute approximate surface area is 190 Å². The molecule has 164 valence electrons. The summed E-state index contributed by atoms with van der Waals surface area (Å²) in [6.07, 6.45) is 2.55. The minimum atomic E-state index is -4.17. The Balaban J connectivity index is 1.96. The minimum absolute atomic E-state index is 0.0453. The number of pyridine rings is 1. The summed E-state index contributed by atoms with van der Waals surface area (Å²) in [6, 6.07) is 20.0. The standard InChI is InChI=1S/C25H19N3O4S/c1-17-10-12-20(13-11-17)33(30,31)21(16-26)15-22-24(32-19-8-4-3-5-9-19)27-23-18(2)7-6-14-28(23)25(22)29/h3-15H,1-2H3/b21-15+. The van der Waals surface area contributed by atoms with Gasteiger partial charge < -0.3 is 4.74 Å². The van der Waals surface area contributed by atoms with E-state index in [1.807, 2.05) is 13.0 Å². The van der Waals surface area contributed by atoms with Crippen LogP contribution < -0.4 is 10.3 Å². The Hall–Kier alpha value is -4.22. The molecule has 0 aliphatic rings. The predicted octanol–water partition coefficient (Wildman–Crippen LogP) is 4.44. The van der Waals surface area contributed by atoms with Gasteiger partial charge >= 0.3 is 0 Å². The maximum Gasteiger partial charge on any atom is 0.269 e. The van der Waals surface area contributed by atoms with Crippen LogP contribution in [0, 0.1) is 25.2 Å². The highest BCUT2D eigenvalue weighted by molar-refractivity contribution is 7.95. The smallest absolute Gasteiger partial charge is 0.269 e. The van der Waals surface area contributed by atoms with E-state index in [9.17, 15) is 18.5 Å². The van der Waals surface area contributed by atoms with Gasteiger partial charge in [0.2, 0.25) is 15.7 Å². The van der Waals surface area contributed by atoms with Gasteiger partial charge in [-0.3, -0.25) is 9.20 Å². The molecule has 0 aliphatic carbocycles. The van der Waals surface area contributed by atoms with Crippen LogP contribution in [0.3, 0.4) is 0 Å². The first-order valence-electron chi connectivity index (χ1n) is 9.99. The molecule has 33 heavy (non-hydrogen) atoms. The van der Waals surface area contributed by atoms with Crippen LogP contribution in [0.25, 0.3) is 11.7 Å². The number of benzene rings is 2. The highest BCUT2D eigenvalue weighted by Gasteiger charge is 2.23. The number of allylic oxidation sites excluding steroid dienone is 1. The molecule has 0 radical (unpaired) electrons. The normalized spacial score (nSPS) is 11.8. The molecular weight excluding hydrogens is 438 g/mol. The van der Waals surface area contributed by atoms with Crippen LogP contribution in [-0.4, -0.2) is 17.8 Å². The number of rotatable bonds is 5. The van der Waals surface area contributed by atoms with Crippen LogP contribution in [0.1, 0.15) is 16.7 Å². The molecule has 4 rings (SSSR count). The van der Waals surface area contributed by atoms with E-state index in [-0.39, 0.29) is 16.3 Å². The van der Waals surface area contributed by atoms with Gasteiger partial charge in [-0.1, -0.05) is 42.0 Å². The van der Waals surface area contributed by atoms with Crippen molar-refractivity contribution in [2.45, 2.75) is 18.7 Å². The van der Waals surface area contributed by atoms with Crippen LogP contribution >= 0.6 is 0 Å². The second kappa shape index (κ2) is 8.73. The lowest BCUT2D eigenvalue weighted by Gasteiger charge is -2.11. The zero-order chi connectivity index (χ0) is 23.6. The maximum absolute atomic E-state index is 13.3. The second-order valence-electron chi connectivity index (χ2n) is 7.37. The monoisotopic (exact) mass is 457 g/mol. The fourth-order valence-corrected chi connectivity index (χ4v) is 4.38. The van der Waals surface area contributed by atoms with Gasteiger partial charge in [0.15, 0.2) is 0 Å². The molecular formula is C25H19N3O4S. The van der Waals surface area contributed by atoms with E-state index in [4.69, 9.17) is 4.74 Å². The van der Waals surface area contributed by atoms with Crippen molar-refractivity contribution in [2.75, 3.05) is 0 Å². The van der Waals surface area contributed by atoms with Gasteiger partial charge in [-0.15, -0.1) is 0 Å². The molecule has 0 amide bonds. The van der Waals surface area contributed by atoms with Crippen molar-refractivity contribution in [2.24, 2.45) is 0 Å². The third-order valence-corrected chi connectivity index (χ3v) is 6.69. The average molecular weight is 458 g/mol. The molecule has 0 unspecified atom stereocenters. The first kappa shape index (κ1) is 22.0. The number of hydrogen-bond acceptors (Lipinski definition) is 6. The van der Waals surface area contributed by atoms with E-state index >= 15 is 0 Å². The van der Waals surface area contributed by atoms with Crippen molar-refractivity contribution in [1.82, 2.24) is 9.38 Å². The Morgan fingerprint density at radius 1 is 1.03 bits per heavy atom. The molecule has 2 aromatic carbocycles. The quantitative estimate of drug-likeness (QED) is 0.411. The molecule has 0 N–H and O–H groups in total.